The van der Waals surface area contributed by atoms with Gasteiger partial charge in [-0.2, -0.15) is 0 Å². The van der Waals surface area contributed by atoms with Crippen molar-refractivity contribution in [2.24, 2.45) is 0 Å². The maximum Gasteiger partial charge on any atom is 0.167 e. The van der Waals surface area contributed by atoms with Gasteiger partial charge in [-0.25, -0.2) is 8.78 Å². The van der Waals surface area contributed by atoms with Gasteiger partial charge < -0.3 is 4.74 Å². The first kappa shape index (κ1) is 15.4. The van der Waals surface area contributed by atoms with E-state index in [9.17, 15) is 8.78 Å². The number of hydrogen-bond donors (Lipinski definition) is 0. The molecule has 1 unspecified atom stereocenters. The van der Waals surface area contributed by atoms with E-state index in [1.165, 1.54) is 13.2 Å². The van der Waals surface area contributed by atoms with Crippen LogP contribution in [-0.4, -0.2) is 24.0 Å². The highest BCUT2D eigenvalue weighted by molar-refractivity contribution is 5.35. The van der Waals surface area contributed by atoms with E-state index in [-0.39, 0.29) is 18.2 Å². The van der Waals surface area contributed by atoms with Gasteiger partial charge in [0.05, 0.1) is 7.11 Å². The summed E-state index contributed by atoms with van der Waals surface area (Å²) in [6, 6.07) is 6.36. The van der Waals surface area contributed by atoms with E-state index >= 15 is 0 Å². The summed E-state index contributed by atoms with van der Waals surface area (Å²) in [7, 11) is 3.30. The summed E-state index contributed by atoms with van der Waals surface area (Å²) in [6.45, 7) is 2.25. The molecule has 0 aliphatic heterocycles. The van der Waals surface area contributed by atoms with Gasteiger partial charge in [0.1, 0.15) is 5.75 Å². The predicted molar refractivity (Wildman–Crippen MR) is 77.0 cm³/mol. The predicted octanol–water partition coefficient (Wildman–Crippen LogP) is 3.56. The smallest absolute Gasteiger partial charge is 0.167 e. The molecular formula is C16H18F2N2O. The summed E-state index contributed by atoms with van der Waals surface area (Å²) < 4.78 is 32.5. The molecule has 1 atom stereocenters. The minimum atomic E-state index is -0.865. The second-order valence-electron chi connectivity index (χ2n) is 4.91. The molecule has 21 heavy (non-hydrogen) atoms. The van der Waals surface area contributed by atoms with Crippen LogP contribution in [0.1, 0.15) is 24.1 Å². The summed E-state index contributed by atoms with van der Waals surface area (Å²) in [5, 5.41) is 0. The van der Waals surface area contributed by atoms with Crippen molar-refractivity contribution in [3.63, 3.8) is 0 Å². The zero-order valence-electron chi connectivity index (χ0n) is 12.3. The number of methoxy groups -OCH3 is 1. The fourth-order valence-electron chi connectivity index (χ4n) is 2.20. The van der Waals surface area contributed by atoms with Gasteiger partial charge in [0.2, 0.25) is 0 Å². The van der Waals surface area contributed by atoms with E-state index in [1.807, 2.05) is 31.0 Å². The molecule has 0 bridgehead atoms. The van der Waals surface area contributed by atoms with Crippen LogP contribution in [-0.2, 0) is 6.54 Å². The van der Waals surface area contributed by atoms with Gasteiger partial charge in [-0.3, -0.25) is 9.88 Å². The number of nitrogens with zero attached hydrogens (tertiary/aromatic N) is 2. The number of hydrogen-bond acceptors (Lipinski definition) is 3. The van der Waals surface area contributed by atoms with Crippen LogP contribution in [0.25, 0.3) is 0 Å². The Bertz CT molecular complexity index is 605. The van der Waals surface area contributed by atoms with E-state index in [2.05, 4.69) is 4.98 Å². The van der Waals surface area contributed by atoms with Crippen molar-refractivity contribution in [2.45, 2.75) is 19.5 Å². The number of aromatic nitrogens is 1. The summed E-state index contributed by atoms with van der Waals surface area (Å²) >= 11 is 0. The quantitative estimate of drug-likeness (QED) is 0.842. The Kier molecular flexibility index (Phi) is 4.85. The van der Waals surface area contributed by atoms with E-state index in [0.29, 0.717) is 5.75 Å². The molecule has 0 aliphatic rings. The van der Waals surface area contributed by atoms with Crippen molar-refractivity contribution >= 4 is 0 Å². The number of halogens is 2. The molecule has 0 aliphatic carbocycles. The zero-order chi connectivity index (χ0) is 15.4. The van der Waals surface area contributed by atoms with E-state index in [1.54, 1.807) is 12.4 Å². The first-order chi connectivity index (χ1) is 10.0. The van der Waals surface area contributed by atoms with Crippen molar-refractivity contribution < 1.29 is 13.5 Å². The Balaban J connectivity index is 2.23. The summed E-state index contributed by atoms with van der Waals surface area (Å²) in [5.41, 5.74) is 1.28. The molecule has 2 rings (SSSR count). The third kappa shape index (κ3) is 3.36. The second kappa shape index (κ2) is 6.63. The molecule has 0 amide bonds. The van der Waals surface area contributed by atoms with Crippen LogP contribution in [0.15, 0.2) is 36.7 Å². The molecule has 0 saturated carbocycles. The number of rotatable bonds is 5. The van der Waals surface area contributed by atoms with Crippen molar-refractivity contribution in [1.82, 2.24) is 9.88 Å². The van der Waals surface area contributed by atoms with Crippen LogP contribution >= 0.6 is 0 Å². The molecule has 1 aromatic heterocycles. The van der Waals surface area contributed by atoms with Gasteiger partial charge in [0.15, 0.2) is 11.6 Å². The molecule has 1 aromatic carbocycles. The summed E-state index contributed by atoms with van der Waals surface area (Å²) in [6.07, 6.45) is 3.42. The van der Waals surface area contributed by atoms with Crippen LogP contribution < -0.4 is 4.74 Å². The van der Waals surface area contributed by atoms with Gasteiger partial charge in [0, 0.05) is 30.5 Å². The Hall–Kier alpha value is -2.01. The number of benzene rings is 1. The Morgan fingerprint density at radius 3 is 2.48 bits per heavy atom. The van der Waals surface area contributed by atoms with Crippen molar-refractivity contribution in [2.75, 3.05) is 14.2 Å². The van der Waals surface area contributed by atoms with Gasteiger partial charge >= 0.3 is 0 Å². The SMILES string of the molecule is COc1ccc(F)c(F)c1CN(C)C(C)c1ccncc1. The normalized spacial score (nSPS) is 12.5. The average Bonchev–Trinajstić information content (AvgIpc) is 2.52. The van der Waals surface area contributed by atoms with Crippen LogP contribution in [0.2, 0.25) is 0 Å². The lowest BCUT2D eigenvalue weighted by atomic mass is 10.1. The monoisotopic (exact) mass is 292 g/mol. The largest absolute Gasteiger partial charge is 0.496 e. The summed E-state index contributed by atoms with van der Waals surface area (Å²) in [4.78, 5) is 5.90. The highest BCUT2D eigenvalue weighted by Gasteiger charge is 2.19. The van der Waals surface area contributed by atoms with Crippen molar-refractivity contribution in [1.29, 1.82) is 0 Å². The molecule has 3 nitrogen and oxygen atoms in total. The van der Waals surface area contributed by atoms with Crippen LogP contribution in [0.4, 0.5) is 8.78 Å². The standard InChI is InChI=1S/C16H18F2N2O/c1-11(12-6-8-19-9-7-12)20(2)10-13-15(21-3)5-4-14(17)16(13)18/h4-9,11H,10H2,1-3H3. The zero-order valence-corrected chi connectivity index (χ0v) is 12.3. The van der Waals surface area contributed by atoms with E-state index in [4.69, 9.17) is 4.74 Å². The summed E-state index contributed by atoms with van der Waals surface area (Å²) in [5.74, 6) is -1.37. The fraction of sp³-hybridized carbons (Fsp3) is 0.312. The second-order valence-corrected chi connectivity index (χ2v) is 4.91. The lowest BCUT2D eigenvalue weighted by Gasteiger charge is -2.26. The molecule has 0 saturated heterocycles. The fourth-order valence-corrected chi connectivity index (χ4v) is 2.20. The highest BCUT2D eigenvalue weighted by Crippen LogP contribution is 2.27. The Morgan fingerprint density at radius 1 is 1.19 bits per heavy atom. The molecule has 0 spiro atoms. The molecule has 2 aromatic rings. The number of ether oxygens (including phenoxy) is 1. The van der Waals surface area contributed by atoms with Gasteiger partial charge in [-0.1, -0.05) is 0 Å². The first-order valence-corrected chi connectivity index (χ1v) is 6.65. The lowest BCUT2D eigenvalue weighted by Crippen LogP contribution is -2.23. The topological polar surface area (TPSA) is 25.4 Å². The molecule has 5 heteroatoms. The van der Waals surface area contributed by atoms with Gasteiger partial charge in [-0.05, 0) is 43.8 Å². The third-order valence-electron chi connectivity index (χ3n) is 3.63. The number of pyridine rings is 1. The van der Waals surface area contributed by atoms with E-state index in [0.717, 1.165) is 11.6 Å². The maximum atomic E-state index is 14.0. The maximum absolute atomic E-state index is 14.0. The third-order valence-corrected chi connectivity index (χ3v) is 3.63. The Morgan fingerprint density at radius 2 is 1.86 bits per heavy atom. The molecule has 112 valence electrons. The van der Waals surface area contributed by atoms with E-state index < -0.39 is 11.6 Å². The molecule has 1 heterocycles. The molecule has 0 radical (unpaired) electrons. The first-order valence-electron chi connectivity index (χ1n) is 6.65. The lowest BCUT2D eigenvalue weighted by molar-refractivity contribution is 0.243. The van der Waals surface area contributed by atoms with Crippen LogP contribution in [0.5, 0.6) is 5.75 Å². The molecular weight excluding hydrogens is 274 g/mol. The van der Waals surface area contributed by atoms with Crippen LogP contribution in [0.3, 0.4) is 0 Å². The van der Waals surface area contributed by atoms with Crippen LogP contribution in [0, 0.1) is 11.6 Å². The minimum Gasteiger partial charge on any atom is -0.496 e. The average molecular weight is 292 g/mol. The van der Waals surface area contributed by atoms with Gasteiger partial charge in [0.25, 0.3) is 0 Å². The van der Waals surface area contributed by atoms with Crippen molar-refractivity contribution in [3.05, 3.63) is 59.4 Å². The van der Waals surface area contributed by atoms with Gasteiger partial charge in [-0.15, -0.1) is 0 Å². The Labute approximate surface area is 123 Å². The highest BCUT2D eigenvalue weighted by atomic mass is 19.2. The minimum absolute atomic E-state index is 0.0420. The van der Waals surface area contributed by atoms with Crippen molar-refractivity contribution in [3.8, 4) is 5.75 Å². The molecule has 0 fully saturated rings. The molecule has 0 N–H and O–H groups in total.